The number of piperidine rings is 1. The summed E-state index contributed by atoms with van der Waals surface area (Å²) >= 11 is 0. The smallest absolute Gasteiger partial charge is 0.220 e. The first kappa shape index (κ1) is 18.8. The number of carbonyl (C=O) groups is 1. The Balaban J connectivity index is 1.52. The normalized spacial score (nSPS) is 30.6. The molecule has 4 rings (SSSR count). The monoisotopic (exact) mass is 375 g/mol. The van der Waals surface area contributed by atoms with Crippen LogP contribution in [-0.2, 0) is 9.53 Å². The molecule has 1 saturated heterocycles. The van der Waals surface area contributed by atoms with Gasteiger partial charge in [0.05, 0.1) is 12.6 Å². The minimum Gasteiger partial charge on any atom is -0.381 e. The van der Waals surface area contributed by atoms with Crippen LogP contribution in [0.5, 0.6) is 0 Å². The van der Waals surface area contributed by atoms with Gasteiger partial charge in [0.25, 0.3) is 0 Å². The zero-order valence-electron chi connectivity index (χ0n) is 16.5. The lowest BCUT2D eigenvalue weighted by Gasteiger charge is -2.41. The molecule has 1 N–H and O–H groups in total. The number of nitrogens with one attached hydrogen (secondary N) is 1. The highest BCUT2D eigenvalue weighted by Gasteiger charge is 2.39. The van der Waals surface area contributed by atoms with E-state index in [4.69, 9.17) is 4.74 Å². The van der Waals surface area contributed by atoms with Gasteiger partial charge in [0.1, 0.15) is 0 Å². The van der Waals surface area contributed by atoms with Gasteiger partial charge in [-0.15, -0.1) is 5.10 Å². The van der Waals surface area contributed by atoms with Gasteiger partial charge < -0.3 is 10.1 Å². The molecule has 0 radical (unpaired) electrons. The molecule has 2 aliphatic carbocycles. The highest BCUT2D eigenvalue weighted by molar-refractivity contribution is 5.77. The van der Waals surface area contributed by atoms with Gasteiger partial charge in [-0.3, -0.25) is 4.79 Å². The van der Waals surface area contributed by atoms with E-state index in [-0.39, 0.29) is 11.8 Å². The molecule has 7 heteroatoms. The highest BCUT2D eigenvalue weighted by atomic mass is 16.5. The number of hydrogen-bond acceptors (Lipinski definition) is 5. The minimum absolute atomic E-state index is 0.224. The van der Waals surface area contributed by atoms with E-state index in [0.29, 0.717) is 36.9 Å². The van der Waals surface area contributed by atoms with E-state index < -0.39 is 0 Å². The van der Waals surface area contributed by atoms with Crippen LogP contribution in [0, 0.1) is 11.8 Å². The first-order valence-corrected chi connectivity index (χ1v) is 10.9. The van der Waals surface area contributed by atoms with Crippen LogP contribution in [0.3, 0.4) is 0 Å². The second kappa shape index (κ2) is 8.67. The molecule has 0 aromatic carbocycles. The third-order valence-corrected chi connectivity index (χ3v) is 6.95. The van der Waals surface area contributed by atoms with Crippen molar-refractivity contribution in [2.45, 2.75) is 89.1 Å². The van der Waals surface area contributed by atoms with Crippen LogP contribution in [0.1, 0.15) is 88.9 Å². The van der Waals surface area contributed by atoms with E-state index >= 15 is 0 Å². The number of ether oxygens (including phenoxy) is 1. The lowest BCUT2D eigenvalue weighted by Crippen LogP contribution is -2.48. The van der Waals surface area contributed by atoms with E-state index in [1.165, 1.54) is 32.1 Å². The average Bonchev–Trinajstić information content (AvgIpc) is 3.18. The van der Waals surface area contributed by atoms with E-state index in [2.05, 4.69) is 32.4 Å². The van der Waals surface area contributed by atoms with Crippen molar-refractivity contribution < 1.29 is 9.53 Å². The van der Waals surface area contributed by atoms with E-state index in [9.17, 15) is 4.79 Å². The van der Waals surface area contributed by atoms with Crippen molar-refractivity contribution in [3.8, 4) is 0 Å². The first-order chi connectivity index (χ1) is 13.3. The van der Waals surface area contributed by atoms with Crippen molar-refractivity contribution in [1.82, 2.24) is 25.5 Å². The number of fused-ring (bicyclic) bond motifs is 1. The molecular weight excluding hydrogens is 342 g/mol. The Labute approximate surface area is 161 Å². The summed E-state index contributed by atoms with van der Waals surface area (Å²) < 4.78 is 8.01. The zero-order chi connectivity index (χ0) is 18.6. The quantitative estimate of drug-likeness (QED) is 0.826. The second-order valence-electron chi connectivity index (χ2n) is 8.59. The van der Waals surface area contributed by atoms with Crippen molar-refractivity contribution in [3.05, 3.63) is 5.82 Å². The fourth-order valence-corrected chi connectivity index (χ4v) is 5.47. The summed E-state index contributed by atoms with van der Waals surface area (Å²) in [7, 11) is 0. The lowest BCUT2D eigenvalue weighted by molar-refractivity contribution is -0.125. The summed E-state index contributed by atoms with van der Waals surface area (Å²) in [5.41, 5.74) is 0. The van der Waals surface area contributed by atoms with Gasteiger partial charge in [0.15, 0.2) is 5.82 Å². The third kappa shape index (κ3) is 4.18. The van der Waals surface area contributed by atoms with E-state index in [1.54, 1.807) is 0 Å². The number of rotatable bonds is 6. The van der Waals surface area contributed by atoms with Crippen LogP contribution >= 0.6 is 0 Å². The van der Waals surface area contributed by atoms with Crippen LogP contribution in [0.25, 0.3) is 0 Å². The van der Waals surface area contributed by atoms with Crippen LogP contribution in [0.15, 0.2) is 0 Å². The van der Waals surface area contributed by atoms with Gasteiger partial charge in [-0.1, -0.05) is 19.3 Å². The molecule has 1 aromatic heterocycles. The number of hydrogen-bond donors (Lipinski definition) is 1. The van der Waals surface area contributed by atoms with E-state index in [1.807, 2.05) is 0 Å². The molecule has 3 fully saturated rings. The number of nitrogens with zero attached hydrogens (tertiary/aromatic N) is 4. The Kier molecular flexibility index (Phi) is 6.05. The average molecular weight is 376 g/mol. The number of carbonyl (C=O) groups excluding carboxylic acids is 1. The number of aromatic nitrogens is 4. The van der Waals surface area contributed by atoms with Crippen LogP contribution in [-0.4, -0.2) is 45.4 Å². The van der Waals surface area contributed by atoms with Crippen molar-refractivity contribution in [2.24, 2.45) is 11.8 Å². The maximum absolute atomic E-state index is 11.7. The Morgan fingerprint density at radius 1 is 1.19 bits per heavy atom. The number of amides is 1. The van der Waals surface area contributed by atoms with Crippen molar-refractivity contribution in [2.75, 3.05) is 13.2 Å². The van der Waals surface area contributed by atoms with Crippen molar-refractivity contribution >= 4 is 5.91 Å². The SMILES string of the molecule is CCOCC(c1nnnn1C1CCCCC1)C1CCC2NC(=O)CCC2C1. The molecule has 27 heavy (non-hydrogen) atoms. The molecule has 0 spiro atoms. The van der Waals surface area contributed by atoms with Crippen molar-refractivity contribution in [3.63, 3.8) is 0 Å². The zero-order valence-corrected chi connectivity index (χ0v) is 16.5. The van der Waals surface area contributed by atoms with Gasteiger partial charge in [0, 0.05) is 25.0 Å². The fraction of sp³-hybridized carbons (Fsp3) is 0.900. The van der Waals surface area contributed by atoms with Gasteiger partial charge in [-0.2, -0.15) is 0 Å². The third-order valence-electron chi connectivity index (χ3n) is 6.95. The molecule has 4 unspecified atom stereocenters. The lowest BCUT2D eigenvalue weighted by atomic mass is 9.70. The van der Waals surface area contributed by atoms with Crippen LogP contribution in [0.4, 0.5) is 0 Å². The Hall–Kier alpha value is -1.50. The standard InChI is InChI=1S/C20H33N5O2/c1-2-27-13-17(14-8-10-18-15(12-14)9-11-19(26)21-18)20-22-23-24-25(20)16-6-4-3-5-7-16/h14-18H,2-13H2,1H3,(H,21,26). The molecule has 0 bridgehead atoms. The van der Waals surface area contributed by atoms with Gasteiger partial charge >= 0.3 is 0 Å². The van der Waals surface area contributed by atoms with Crippen molar-refractivity contribution in [1.29, 1.82) is 0 Å². The Morgan fingerprint density at radius 2 is 2.04 bits per heavy atom. The molecule has 2 heterocycles. The molecule has 2 saturated carbocycles. The minimum atomic E-state index is 0.224. The molecule has 1 amide bonds. The summed E-state index contributed by atoms with van der Waals surface area (Å²) in [5, 5.41) is 16.2. The highest BCUT2D eigenvalue weighted by Crippen LogP contribution is 2.42. The summed E-state index contributed by atoms with van der Waals surface area (Å²) in [4.78, 5) is 11.7. The largest absolute Gasteiger partial charge is 0.381 e. The van der Waals surface area contributed by atoms with Gasteiger partial charge in [-0.05, 0) is 67.7 Å². The summed E-state index contributed by atoms with van der Waals surface area (Å²) in [5.74, 6) is 2.62. The summed E-state index contributed by atoms with van der Waals surface area (Å²) in [6.07, 6.45) is 11.2. The molecule has 150 valence electrons. The second-order valence-corrected chi connectivity index (χ2v) is 8.59. The fourth-order valence-electron chi connectivity index (χ4n) is 5.47. The topological polar surface area (TPSA) is 81.9 Å². The predicted octanol–water partition coefficient (Wildman–Crippen LogP) is 2.99. The van der Waals surface area contributed by atoms with E-state index in [0.717, 1.165) is 38.1 Å². The Morgan fingerprint density at radius 3 is 2.85 bits per heavy atom. The maximum atomic E-state index is 11.7. The van der Waals surface area contributed by atoms with Crippen LogP contribution < -0.4 is 5.32 Å². The van der Waals surface area contributed by atoms with Crippen LogP contribution in [0.2, 0.25) is 0 Å². The summed E-state index contributed by atoms with van der Waals surface area (Å²) in [6.45, 7) is 3.46. The number of tetrazole rings is 1. The molecule has 1 aliphatic heterocycles. The predicted molar refractivity (Wildman–Crippen MR) is 101 cm³/mol. The maximum Gasteiger partial charge on any atom is 0.220 e. The molecular formula is C20H33N5O2. The molecule has 7 nitrogen and oxygen atoms in total. The summed E-state index contributed by atoms with van der Waals surface area (Å²) in [6, 6.07) is 0.808. The molecule has 4 atom stereocenters. The first-order valence-electron chi connectivity index (χ1n) is 10.9. The molecule has 1 aromatic rings. The Bertz CT molecular complexity index is 628. The van der Waals surface area contributed by atoms with Gasteiger partial charge in [0.2, 0.25) is 5.91 Å². The molecule has 3 aliphatic rings. The van der Waals surface area contributed by atoms with Gasteiger partial charge in [-0.25, -0.2) is 4.68 Å².